The van der Waals surface area contributed by atoms with Gasteiger partial charge in [-0.15, -0.1) is 0 Å². The van der Waals surface area contributed by atoms with Gasteiger partial charge in [-0.3, -0.25) is 0 Å². The molecular formula is C12H18N4S2. The van der Waals surface area contributed by atoms with Gasteiger partial charge in [0.05, 0.1) is 0 Å². The van der Waals surface area contributed by atoms with Crippen molar-refractivity contribution in [1.82, 2.24) is 9.97 Å². The van der Waals surface area contributed by atoms with E-state index in [2.05, 4.69) is 21.1 Å². The summed E-state index contributed by atoms with van der Waals surface area (Å²) in [5.41, 5.74) is 6.36. The summed E-state index contributed by atoms with van der Waals surface area (Å²) in [6.45, 7) is 2.01. The van der Waals surface area contributed by atoms with Crippen LogP contribution in [-0.2, 0) is 0 Å². The highest BCUT2D eigenvalue weighted by molar-refractivity contribution is 7.99. The Kier molecular flexibility index (Phi) is 4.77. The summed E-state index contributed by atoms with van der Waals surface area (Å²) in [5.74, 6) is 0.840. The van der Waals surface area contributed by atoms with Gasteiger partial charge >= 0.3 is 0 Å². The van der Waals surface area contributed by atoms with Gasteiger partial charge in [0.15, 0.2) is 5.82 Å². The predicted octanol–water partition coefficient (Wildman–Crippen LogP) is 1.83. The second-order valence-corrected chi connectivity index (χ2v) is 5.95. The molecule has 6 heteroatoms. The maximum Gasteiger partial charge on any atom is 0.157 e. The Morgan fingerprint density at radius 1 is 1.39 bits per heavy atom. The average molecular weight is 282 g/mol. The molecular weight excluding hydrogens is 264 g/mol. The lowest BCUT2D eigenvalue weighted by Crippen LogP contribution is -2.29. The van der Waals surface area contributed by atoms with Gasteiger partial charge in [0, 0.05) is 30.7 Å². The number of nitrogens with zero attached hydrogens (tertiary/aromatic N) is 3. The standard InChI is InChI=1S/C12H18N4S2/c1-18-9-3-2-7-16(8-4-9)12-10(11(13)17)14-5-6-15-12/h5-6,9H,2-4,7-8H2,1H3,(H2,13,17). The van der Waals surface area contributed by atoms with Gasteiger partial charge in [-0.2, -0.15) is 11.8 Å². The summed E-state index contributed by atoms with van der Waals surface area (Å²) < 4.78 is 0. The van der Waals surface area contributed by atoms with Crippen molar-refractivity contribution in [2.75, 3.05) is 24.2 Å². The minimum Gasteiger partial charge on any atom is -0.388 e. The number of aromatic nitrogens is 2. The molecule has 0 amide bonds. The number of nitrogens with two attached hydrogens (primary N) is 1. The zero-order valence-corrected chi connectivity index (χ0v) is 12.1. The predicted molar refractivity (Wildman–Crippen MR) is 81.3 cm³/mol. The van der Waals surface area contributed by atoms with E-state index in [0.717, 1.165) is 24.2 Å². The van der Waals surface area contributed by atoms with Crippen LogP contribution in [0.4, 0.5) is 5.82 Å². The average Bonchev–Trinajstić information content (AvgIpc) is 2.63. The summed E-state index contributed by atoms with van der Waals surface area (Å²) in [7, 11) is 0. The fourth-order valence-corrected chi connectivity index (χ4v) is 3.14. The minimum atomic E-state index is 0.323. The van der Waals surface area contributed by atoms with E-state index in [9.17, 15) is 0 Å². The SMILES string of the molecule is CSC1CCCN(c2nccnc2C(N)=S)CC1. The molecule has 1 atom stereocenters. The molecule has 1 aromatic rings. The molecule has 1 aliphatic heterocycles. The third-order valence-corrected chi connectivity index (χ3v) is 4.55. The molecule has 1 unspecified atom stereocenters. The lowest BCUT2D eigenvalue weighted by Gasteiger charge is -2.23. The van der Waals surface area contributed by atoms with Gasteiger partial charge in [0.2, 0.25) is 0 Å². The van der Waals surface area contributed by atoms with Crippen molar-refractivity contribution in [2.24, 2.45) is 5.73 Å². The van der Waals surface area contributed by atoms with E-state index < -0.39 is 0 Å². The summed E-state index contributed by atoms with van der Waals surface area (Å²) >= 11 is 7.00. The van der Waals surface area contributed by atoms with E-state index >= 15 is 0 Å². The van der Waals surface area contributed by atoms with E-state index in [1.165, 1.54) is 19.3 Å². The maximum atomic E-state index is 5.71. The molecule has 0 spiro atoms. The van der Waals surface area contributed by atoms with Gasteiger partial charge in [-0.1, -0.05) is 12.2 Å². The van der Waals surface area contributed by atoms with Crippen LogP contribution in [0.3, 0.4) is 0 Å². The summed E-state index contributed by atoms with van der Waals surface area (Å²) in [4.78, 5) is 11.2. The van der Waals surface area contributed by atoms with Gasteiger partial charge < -0.3 is 10.6 Å². The van der Waals surface area contributed by atoms with Crippen LogP contribution in [0.2, 0.25) is 0 Å². The Hall–Kier alpha value is -0.880. The molecule has 2 heterocycles. The Morgan fingerprint density at radius 2 is 2.17 bits per heavy atom. The molecule has 0 saturated carbocycles. The van der Waals surface area contributed by atoms with Crippen molar-refractivity contribution in [3.8, 4) is 0 Å². The van der Waals surface area contributed by atoms with Crippen molar-refractivity contribution >= 4 is 34.8 Å². The van der Waals surface area contributed by atoms with E-state index in [4.69, 9.17) is 18.0 Å². The lowest BCUT2D eigenvalue weighted by molar-refractivity contribution is 0.745. The number of thioether (sulfide) groups is 1. The van der Waals surface area contributed by atoms with E-state index in [1.54, 1.807) is 12.4 Å². The van der Waals surface area contributed by atoms with Crippen LogP contribution in [0.1, 0.15) is 25.0 Å². The first kappa shape index (κ1) is 13.5. The van der Waals surface area contributed by atoms with Crippen molar-refractivity contribution in [1.29, 1.82) is 0 Å². The highest BCUT2D eigenvalue weighted by Gasteiger charge is 2.20. The smallest absolute Gasteiger partial charge is 0.157 e. The van der Waals surface area contributed by atoms with E-state index in [0.29, 0.717) is 10.7 Å². The maximum absolute atomic E-state index is 5.71. The third kappa shape index (κ3) is 3.11. The molecule has 2 rings (SSSR count). The second-order valence-electron chi connectivity index (χ2n) is 4.37. The van der Waals surface area contributed by atoms with Crippen molar-refractivity contribution in [3.63, 3.8) is 0 Å². The van der Waals surface area contributed by atoms with Crippen LogP contribution in [0.15, 0.2) is 12.4 Å². The molecule has 0 bridgehead atoms. The fraction of sp³-hybridized carbons (Fsp3) is 0.583. The molecule has 1 saturated heterocycles. The summed E-state index contributed by atoms with van der Waals surface area (Å²) in [5, 5.41) is 0.750. The van der Waals surface area contributed by atoms with Crippen LogP contribution in [0, 0.1) is 0 Å². The molecule has 0 radical (unpaired) electrons. The zero-order chi connectivity index (χ0) is 13.0. The van der Waals surface area contributed by atoms with Crippen LogP contribution in [-0.4, -0.2) is 39.6 Å². The summed E-state index contributed by atoms with van der Waals surface area (Å²) in [6, 6.07) is 0. The van der Waals surface area contributed by atoms with E-state index in [-0.39, 0.29) is 0 Å². The number of thiocarbonyl (C=S) groups is 1. The number of hydrogen-bond acceptors (Lipinski definition) is 5. The fourth-order valence-electron chi connectivity index (χ4n) is 2.25. The first-order valence-corrected chi connectivity index (χ1v) is 7.80. The van der Waals surface area contributed by atoms with Crippen molar-refractivity contribution < 1.29 is 0 Å². The molecule has 1 aromatic heterocycles. The summed E-state index contributed by atoms with van der Waals surface area (Å²) in [6.07, 6.45) is 9.14. The van der Waals surface area contributed by atoms with E-state index in [1.807, 2.05) is 11.8 Å². The number of hydrogen-bond donors (Lipinski definition) is 1. The van der Waals surface area contributed by atoms with Crippen LogP contribution >= 0.6 is 24.0 Å². The molecule has 98 valence electrons. The molecule has 1 fully saturated rings. The molecule has 18 heavy (non-hydrogen) atoms. The highest BCUT2D eigenvalue weighted by Crippen LogP contribution is 2.24. The number of rotatable bonds is 3. The molecule has 2 N–H and O–H groups in total. The first-order chi connectivity index (χ1) is 8.72. The third-order valence-electron chi connectivity index (χ3n) is 3.22. The van der Waals surface area contributed by atoms with Crippen LogP contribution in [0.5, 0.6) is 0 Å². The monoisotopic (exact) mass is 282 g/mol. The Labute approximate surface area is 117 Å². The Morgan fingerprint density at radius 3 is 2.89 bits per heavy atom. The quantitative estimate of drug-likeness (QED) is 0.854. The van der Waals surface area contributed by atoms with Gasteiger partial charge in [0.25, 0.3) is 0 Å². The van der Waals surface area contributed by atoms with Crippen molar-refractivity contribution in [2.45, 2.75) is 24.5 Å². The largest absolute Gasteiger partial charge is 0.388 e. The minimum absolute atomic E-state index is 0.323. The second kappa shape index (κ2) is 6.33. The van der Waals surface area contributed by atoms with Gasteiger partial charge in [-0.05, 0) is 25.5 Å². The van der Waals surface area contributed by atoms with Crippen molar-refractivity contribution in [3.05, 3.63) is 18.1 Å². The lowest BCUT2D eigenvalue weighted by atomic mass is 10.2. The first-order valence-electron chi connectivity index (χ1n) is 6.11. The Bertz CT molecular complexity index is 424. The highest BCUT2D eigenvalue weighted by atomic mass is 32.2. The zero-order valence-electron chi connectivity index (χ0n) is 10.5. The molecule has 0 aromatic carbocycles. The van der Waals surface area contributed by atoms with Gasteiger partial charge in [0.1, 0.15) is 10.7 Å². The molecule has 4 nitrogen and oxygen atoms in total. The van der Waals surface area contributed by atoms with Crippen LogP contribution in [0.25, 0.3) is 0 Å². The van der Waals surface area contributed by atoms with Gasteiger partial charge in [-0.25, -0.2) is 9.97 Å². The normalized spacial score (nSPS) is 20.5. The molecule has 1 aliphatic rings. The topological polar surface area (TPSA) is 55.0 Å². The Balaban J connectivity index is 2.18. The molecule has 0 aliphatic carbocycles. The number of anilines is 1. The van der Waals surface area contributed by atoms with Crippen LogP contribution < -0.4 is 10.6 Å².